The molecular weight excluding hydrogens is 262 g/mol. The van der Waals surface area contributed by atoms with Crippen LogP contribution in [0.1, 0.15) is 35.7 Å². The zero-order valence-electron chi connectivity index (χ0n) is 12.9. The van der Waals surface area contributed by atoms with Crippen LogP contribution < -0.4 is 0 Å². The van der Waals surface area contributed by atoms with Crippen LogP contribution in [0.4, 0.5) is 0 Å². The second-order valence-electron chi connectivity index (χ2n) is 5.69. The third-order valence-electron chi connectivity index (χ3n) is 4.36. The van der Waals surface area contributed by atoms with Crippen LogP contribution in [0.3, 0.4) is 0 Å². The quantitative estimate of drug-likeness (QED) is 0.778. The van der Waals surface area contributed by atoms with Gasteiger partial charge in [-0.15, -0.1) is 0 Å². The summed E-state index contributed by atoms with van der Waals surface area (Å²) in [5, 5.41) is 8.78. The van der Waals surface area contributed by atoms with Crippen LogP contribution in [0.2, 0.25) is 0 Å². The molecule has 0 amide bonds. The number of Topliss-reactive ketones (excluding diaryl/α,β-unsaturated/α-hetero) is 1. The number of hydrogen-bond donors (Lipinski definition) is 0. The summed E-state index contributed by atoms with van der Waals surface area (Å²) in [5.41, 5.74) is 1.28. The van der Waals surface area contributed by atoms with E-state index >= 15 is 0 Å². The van der Waals surface area contributed by atoms with Crippen LogP contribution in [0.5, 0.6) is 0 Å². The largest absolute Gasteiger partial charge is 0.303 e. The van der Waals surface area contributed by atoms with Crippen LogP contribution in [-0.4, -0.2) is 54.9 Å². The van der Waals surface area contributed by atoms with Gasteiger partial charge in [0, 0.05) is 11.6 Å². The third-order valence-corrected chi connectivity index (χ3v) is 4.36. The summed E-state index contributed by atoms with van der Waals surface area (Å²) in [7, 11) is 2.04. The molecule has 0 unspecified atom stereocenters. The monoisotopic (exact) mass is 285 g/mol. The van der Waals surface area contributed by atoms with E-state index in [9.17, 15) is 4.79 Å². The molecule has 0 radical (unpaired) electrons. The SMILES string of the molecule is CCN1CCC(N(C)CC(=O)c2ccc(C#N)cc2)CC1. The van der Waals surface area contributed by atoms with Gasteiger partial charge in [-0.1, -0.05) is 19.1 Å². The van der Waals surface area contributed by atoms with Crippen LogP contribution in [-0.2, 0) is 0 Å². The smallest absolute Gasteiger partial charge is 0.176 e. The zero-order chi connectivity index (χ0) is 15.2. The standard InChI is InChI=1S/C17H23N3O/c1-3-20-10-8-16(9-11-20)19(2)13-17(21)15-6-4-14(12-18)5-7-15/h4-7,16H,3,8-11,13H2,1-2H3. The molecule has 4 heteroatoms. The molecule has 0 aliphatic carbocycles. The van der Waals surface area contributed by atoms with Crippen molar-refractivity contribution in [2.24, 2.45) is 0 Å². The van der Waals surface area contributed by atoms with Gasteiger partial charge in [0.05, 0.1) is 18.2 Å². The molecule has 0 atom stereocenters. The lowest BCUT2D eigenvalue weighted by Crippen LogP contribution is -2.44. The molecule has 0 spiro atoms. The first-order valence-corrected chi connectivity index (χ1v) is 7.60. The number of hydrogen-bond acceptors (Lipinski definition) is 4. The molecule has 4 nitrogen and oxygen atoms in total. The summed E-state index contributed by atoms with van der Waals surface area (Å²) < 4.78 is 0. The maximum atomic E-state index is 12.3. The van der Waals surface area contributed by atoms with Crippen molar-refractivity contribution in [3.05, 3.63) is 35.4 Å². The van der Waals surface area contributed by atoms with Gasteiger partial charge in [0.2, 0.25) is 0 Å². The van der Waals surface area contributed by atoms with Gasteiger partial charge >= 0.3 is 0 Å². The Hall–Kier alpha value is -1.70. The van der Waals surface area contributed by atoms with Crippen LogP contribution >= 0.6 is 0 Å². The highest BCUT2D eigenvalue weighted by atomic mass is 16.1. The summed E-state index contributed by atoms with van der Waals surface area (Å²) in [6, 6.07) is 9.46. The van der Waals surface area contributed by atoms with Crippen molar-refractivity contribution in [2.45, 2.75) is 25.8 Å². The minimum absolute atomic E-state index is 0.125. The van der Waals surface area contributed by atoms with Gasteiger partial charge in [-0.2, -0.15) is 5.26 Å². The van der Waals surface area contributed by atoms with Crippen molar-refractivity contribution in [1.82, 2.24) is 9.80 Å². The van der Waals surface area contributed by atoms with E-state index in [-0.39, 0.29) is 5.78 Å². The Bertz CT molecular complexity index is 510. The Labute approximate surface area is 127 Å². The number of likely N-dealkylation sites (tertiary alicyclic amines) is 1. The Morgan fingerprint density at radius 1 is 1.33 bits per heavy atom. The molecule has 0 N–H and O–H groups in total. The van der Waals surface area contributed by atoms with Crippen molar-refractivity contribution in [2.75, 3.05) is 33.2 Å². The Balaban J connectivity index is 1.88. The maximum absolute atomic E-state index is 12.3. The first-order valence-electron chi connectivity index (χ1n) is 7.60. The maximum Gasteiger partial charge on any atom is 0.176 e. The first-order chi connectivity index (χ1) is 10.1. The van der Waals surface area contributed by atoms with E-state index < -0.39 is 0 Å². The molecule has 1 aromatic rings. The second kappa shape index (κ2) is 7.35. The summed E-state index contributed by atoms with van der Waals surface area (Å²) in [6.07, 6.45) is 2.26. The summed E-state index contributed by atoms with van der Waals surface area (Å²) in [4.78, 5) is 16.9. The molecule has 0 saturated carbocycles. The highest BCUT2D eigenvalue weighted by Crippen LogP contribution is 2.15. The van der Waals surface area contributed by atoms with Crippen molar-refractivity contribution in [3.63, 3.8) is 0 Å². The Morgan fingerprint density at radius 3 is 2.48 bits per heavy atom. The number of carbonyl (C=O) groups is 1. The first kappa shape index (κ1) is 15.7. The summed E-state index contributed by atoms with van der Waals surface area (Å²) in [6.45, 7) is 5.99. The lowest BCUT2D eigenvalue weighted by molar-refractivity contribution is 0.0858. The number of likely N-dealkylation sites (N-methyl/N-ethyl adjacent to an activating group) is 1. The lowest BCUT2D eigenvalue weighted by Gasteiger charge is -2.36. The Kier molecular flexibility index (Phi) is 5.49. The number of nitriles is 1. The number of piperidine rings is 1. The predicted molar refractivity (Wildman–Crippen MR) is 83.3 cm³/mol. The van der Waals surface area contributed by atoms with Gasteiger partial charge in [0.25, 0.3) is 0 Å². The van der Waals surface area contributed by atoms with E-state index in [2.05, 4.69) is 22.8 Å². The molecular formula is C17H23N3O. The Morgan fingerprint density at radius 2 is 1.95 bits per heavy atom. The number of nitrogens with zero attached hydrogens (tertiary/aromatic N) is 3. The normalized spacial score (nSPS) is 16.9. The highest BCUT2D eigenvalue weighted by Gasteiger charge is 2.23. The average Bonchev–Trinajstić information content (AvgIpc) is 2.55. The third kappa shape index (κ3) is 4.13. The van der Waals surface area contributed by atoms with E-state index in [1.165, 1.54) is 0 Å². The summed E-state index contributed by atoms with van der Waals surface area (Å²) >= 11 is 0. The highest BCUT2D eigenvalue weighted by molar-refractivity contribution is 5.97. The fourth-order valence-electron chi connectivity index (χ4n) is 2.85. The van der Waals surface area contributed by atoms with Crippen molar-refractivity contribution >= 4 is 5.78 Å². The molecule has 0 aromatic heterocycles. The minimum Gasteiger partial charge on any atom is -0.303 e. The molecule has 21 heavy (non-hydrogen) atoms. The van der Waals surface area contributed by atoms with Crippen molar-refractivity contribution in [1.29, 1.82) is 5.26 Å². The van der Waals surface area contributed by atoms with Crippen molar-refractivity contribution < 1.29 is 4.79 Å². The van der Waals surface area contributed by atoms with E-state index in [4.69, 9.17) is 5.26 Å². The molecule has 1 heterocycles. The van der Waals surface area contributed by atoms with Crippen LogP contribution in [0.15, 0.2) is 24.3 Å². The summed E-state index contributed by atoms with van der Waals surface area (Å²) in [5.74, 6) is 0.125. The van der Waals surface area contributed by atoms with Gasteiger partial charge < -0.3 is 4.90 Å². The molecule has 1 aliphatic heterocycles. The molecule has 2 rings (SSSR count). The molecule has 1 fully saturated rings. The minimum atomic E-state index is 0.125. The number of benzene rings is 1. The lowest BCUT2D eigenvalue weighted by atomic mass is 10.0. The van der Waals surface area contributed by atoms with E-state index in [1.807, 2.05) is 7.05 Å². The number of rotatable bonds is 5. The van der Waals surface area contributed by atoms with E-state index in [0.717, 1.165) is 32.5 Å². The van der Waals surface area contributed by atoms with E-state index in [0.29, 0.717) is 23.7 Å². The van der Waals surface area contributed by atoms with Crippen LogP contribution in [0.25, 0.3) is 0 Å². The second-order valence-corrected chi connectivity index (χ2v) is 5.69. The van der Waals surface area contributed by atoms with E-state index in [1.54, 1.807) is 24.3 Å². The zero-order valence-corrected chi connectivity index (χ0v) is 12.9. The fraction of sp³-hybridized carbons (Fsp3) is 0.529. The van der Waals surface area contributed by atoms with Gasteiger partial charge in [-0.3, -0.25) is 9.69 Å². The number of carbonyl (C=O) groups excluding carboxylic acids is 1. The van der Waals surface area contributed by atoms with Crippen molar-refractivity contribution in [3.8, 4) is 6.07 Å². The predicted octanol–water partition coefficient (Wildman–Crippen LogP) is 2.16. The average molecular weight is 285 g/mol. The number of ketones is 1. The van der Waals surface area contributed by atoms with Gasteiger partial charge in [-0.25, -0.2) is 0 Å². The topological polar surface area (TPSA) is 47.3 Å². The van der Waals surface area contributed by atoms with Crippen LogP contribution in [0, 0.1) is 11.3 Å². The fourth-order valence-corrected chi connectivity index (χ4v) is 2.85. The van der Waals surface area contributed by atoms with Gasteiger partial charge in [0.1, 0.15) is 0 Å². The van der Waals surface area contributed by atoms with Gasteiger partial charge in [-0.05, 0) is 51.7 Å². The molecule has 112 valence electrons. The molecule has 1 saturated heterocycles. The van der Waals surface area contributed by atoms with Gasteiger partial charge in [0.15, 0.2) is 5.78 Å². The molecule has 1 aliphatic rings. The molecule has 0 bridgehead atoms. The molecule has 1 aromatic carbocycles.